The maximum Gasteiger partial charge on any atom is 0.325 e. The zero-order valence-electron chi connectivity index (χ0n) is 14.9. The van der Waals surface area contributed by atoms with Crippen LogP contribution in [0.25, 0.3) is 11.4 Å². The SMILES string of the molecule is COC(=O)Cn1ccnc1CNC(=O)[C@@H](C)n1nnc(-c2ccccc2)n1. The lowest BCUT2D eigenvalue weighted by Crippen LogP contribution is -2.32. The molecule has 0 aliphatic heterocycles. The number of benzene rings is 1. The van der Waals surface area contributed by atoms with E-state index >= 15 is 0 Å². The van der Waals surface area contributed by atoms with E-state index in [4.69, 9.17) is 0 Å². The number of hydrogen-bond acceptors (Lipinski definition) is 7. The smallest absolute Gasteiger partial charge is 0.325 e. The van der Waals surface area contributed by atoms with Gasteiger partial charge in [0.15, 0.2) is 0 Å². The molecule has 1 atom stereocenters. The molecular formula is C17H19N7O3. The minimum atomic E-state index is -0.654. The molecule has 1 amide bonds. The van der Waals surface area contributed by atoms with E-state index in [0.29, 0.717) is 11.6 Å². The normalized spacial score (nSPS) is 11.8. The number of amides is 1. The van der Waals surface area contributed by atoms with Gasteiger partial charge in [0.1, 0.15) is 18.4 Å². The summed E-state index contributed by atoms with van der Waals surface area (Å²) in [5.74, 6) is 0.301. The summed E-state index contributed by atoms with van der Waals surface area (Å²) in [4.78, 5) is 29.2. The summed E-state index contributed by atoms with van der Waals surface area (Å²) in [6.07, 6.45) is 3.20. The van der Waals surface area contributed by atoms with Gasteiger partial charge in [-0.05, 0) is 12.1 Å². The third kappa shape index (κ3) is 4.35. The van der Waals surface area contributed by atoms with Crippen LogP contribution in [0.1, 0.15) is 18.8 Å². The van der Waals surface area contributed by atoms with Crippen LogP contribution >= 0.6 is 0 Å². The highest BCUT2D eigenvalue weighted by molar-refractivity contribution is 5.79. The molecule has 2 heterocycles. The first-order valence-corrected chi connectivity index (χ1v) is 8.28. The molecule has 0 radical (unpaired) electrons. The molecule has 0 aliphatic rings. The number of imidazole rings is 1. The third-order valence-corrected chi connectivity index (χ3v) is 3.94. The number of ether oxygens (including phenoxy) is 1. The molecule has 1 N–H and O–H groups in total. The Labute approximate surface area is 155 Å². The number of esters is 1. The maximum absolute atomic E-state index is 12.4. The van der Waals surface area contributed by atoms with E-state index in [1.54, 1.807) is 23.9 Å². The van der Waals surface area contributed by atoms with Crippen molar-refractivity contribution in [3.63, 3.8) is 0 Å². The maximum atomic E-state index is 12.4. The van der Waals surface area contributed by atoms with Crippen LogP contribution in [0.5, 0.6) is 0 Å². The van der Waals surface area contributed by atoms with E-state index in [2.05, 4.69) is 30.4 Å². The van der Waals surface area contributed by atoms with Crippen molar-refractivity contribution in [2.75, 3.05) is 7.11 Å². The van der Waals surface area contributed by atoms with Gasteiger partial charge in [0, 0.05) is 18.0 Å². The number of aromatic nitrogens is 6. The van der Waals surface area contributed by atoms with Crippen molar-refractivity contribution >= 4 is 11.9 Å². The topological polar surface area (TPSA) is 117 Å². The van der Waals surface area contributed by atoms with E-state index < -0.39 is 12.0 Å². The molecule has 3 rings (SSSR count). The van der Waals surface area contributed by atoms with Crippen molar-refractivity contribution in [2.45, 2.75) is 26.1 Å². The van der Waals surface area contributed by atoms with Gasteiger partial charge < -0.3 is 14.6 Å². The van der Waals surface area contributed by atoms with Gasteiger partial charge in [0.25, 0.3) is 0 Å². The minimum Gasteiger partial charge on any atom is -0.468 e. The Morgan fingerprint density at radius 3 is 2.78 bits per heavy atom. The molecule has 0 unspecified atom stereocenters. The highest BCUT2D eigenvalue weighted by atomic mass is 16.5. The Morgan fingerprint density at radius 2 is 2.04 bits per heavy atom. The Kier molecular flexibility index (Phi) is 5.55. The van der Waals surface area contributed by atoms with Gasteiger partial charge in [-0.25, -0.2) is 4.98 Å². The predicted molar refractivity (Wildman–Crippen MR) is 94.1 cm³/mol. The zero-order chi connectivity index (χ0) is 19.2. The van der Waals surface area contributed by atoms with Crippen LogP contribution < -0.4 is 5.32 Å². The lowest BCUT2D eigenvalue weighted by atomic mass is 10.2. The van der Waals surface area contributed by atoms with Crippen molar-refractivity contribution in [2.24, 2.45) is 0 Å². The van der Waals surface area contributed by atoms with Crippen molar-refractivity contribution in [1.29, 1.82) is 0 Å². The Hall–Kier alpha value is -3.56. The zero-order valence-corrected chi connectivity index (χ0v) is 14.9. The molecule has 1 aromatic carbocycles. The lowest BCUT2D eigenvalue weighted by molar-refractivity contribution is -0.141. The standard InChI is InChI=1S/C17H19N7O3/c1-12(24-21-16(20-22-24)13-6-4-3-5-7-13)17(26)19-10-14-18-8-9-23(14)11-15(25)27-2/h3-9,12H,10-11H2,1-2H3,(H,19,26)/t12-/m1/s1. The predicted octanol–water partition coefficient (Wildman–Crippen LogP) is 0.587. The van der Waals surface area contributed by atoms with Crippen molar-refractivity contribution < 1.29 is 14.3 Å². The van der Waals surface area contributed by atoms with Crippen LogP contribution in [0.2, 0.25) is 0 Å². The van der Waals surface area contributed by atoms with Crippen LogP contribution in [0, 0.1) is 0 Å². The van der Waals surface area contributed by atoms with Crippen LogP contribution in [0.4, 0.5) is 0 Å². The average Bonchev–Trinajstić information content (AvgIpc) is 3.35. The molecule has 3 aromatic rings. The van der Waals surface area contributed by atoms with E-state index in [9.17, 15) is 9.59 Å². The molecule has 27 heavy (non-hydrogen) atoms. The fraction of sp³-hybridized carbons (Fsp3) is 0.294. The number of methoxy groups -OCH3 is 1. The second kappa shape index (κ2) is 8.21. The summed E-state index contributed by atoms with van der Waals surface area (Å²) >= 11 is 0. The quantitative estimate of drug-likeness (QED) is 0.606. The van der Waals surface area contributed by atoms with Gasteiger partial charge >= 0.3 is 5.97 Å². The minimum absolute atomic E-state index is 0.0301. The second-order valence-corrected chi connectivity index (χ2v) is 5.74. The van der Waals surface area contributed by atoms with Gasteiger partial charge in [-0.15, -0.1) is 10.2 Å². The summed E-state index contributed by atoms with van der Waals surface area (Å²) in [7, 11) is 1.32. The number of nitrogens with one attached hydrogen (secondary N) is 1. The van der Waals surface area contributed by atoms with E-state index in [0.717, 1.165) is 5.56 Å². The largest absolute Gasteiger partial charge is 0.468 e. The highest BCUT2D eigenvalue weighted by Crippen LogP contribution is 2.13. The molecule has 0 saturated carbocycles. The fourth-order valence-corrected chi connectivity index (χ4v) is 2.37. The Balaban J connectivity index is 1.61. The van der Waals surface area contributed by atoms with Crippen molar-refractivity contribution in [3.8, 4) is 11.4 Å². The summed E-state index contributed by atoms with van der Waals surface area (Å²) in [5.41, 5.74) is 0.821. The number of nitrogens with zero attached hydrogens (tertiary/aromatic N) is 6. The molecule has 10 heteroatoms. The monoisotopic (exact) mass is 369 g/mol. The average molecular weight is 369 g/mol. The van der Waals surface area contributed by atoms with Gasteiger partial charge in [-0.1, -0.05) is 30.3 Å². The highest BCUT2D eigenvalue weighted by Gasteiger charge is 2.19. The van der Waals surface area contributed by atoms with Crippen LogP contribution in [0.15, 0.2) is 42.7 Å². The van der Waals surface area contributed by atoms with E-state index in [1.165, 1.54) is 11.9 Å². The number of rotatable bonds is 7. The number of carbonyl (C=O) groups is 2. The van der Waals surface area contributed by atoms with E-state index in [-0.39, 0.29) is 19.0 Å². The molecule has 0 saturated heterocycles. The van der Waals surface area contributed by atoms with Gasteiger partial charge in [-0.3, -0.25) is 9.59 Å². The number of carbonyl (C=O) groups excluding carboxylic acids is 2. The first-order chi connectivity index (χ1) is 13.1. The molecule has 140 valence electrons. The third-order valence-electron chi connectivity index (χ3n) is 3.94. The number of tetrazole rings is 1. The van der Waals surface area contributed by atoms with Gasteiger partial charge in [0.2, 0.25) is 11.7 Å². The van der Waals surface area contributed by atoms with Crippen molar-refractivity contribution in [1.82, 2.24) is 35.1 Å². The summed E-state index contributed by atoms with van der Waals surface area (Å²) in [5, 5.41) is 15.0. The van der Waals surface area contributed by atoms with Crippen LogP contribution in [-0.4, -0.2) is 48.7 Å². The summed E-state index contributed by atoms with van der Waals surface area (Å²) in [6, 6.07) is 8.73. The number of hydrogen-bond donors (Lipinski definition) is 1. The summed E-state index contributed by atoms with van der Waals surface area (Å²) in [6.45, 7) is 1.86. The fourth-order valence-electron chi connectivity index (χ4n) is 2.37. The van der Waals surface area contributed by atoms with Gasteiger partial charge in [0.05, 0.1) is 13.7 Å². The Bertz CT molecular complexity index is 920. The molecule has 0 bridgehead atoms. The van der Waals surface area contributed by atoms with Crippen LogP contribution in [0.3, 0.4) is 0 Å². The molecule has 0 spiro atoms. The van der Waals surface area contributed by atoms with Gasteiger partial charge in [-0.2, -0.15) is 4.80 Å². The molecule has 0 fully saturated rings. The molecule has 2 aromatic heterocycles. The first-order valence-electron chi connectivity index (χ1n) is 8.28. The molecular weight excluding hydrogens is 350 g/mol. The molecule has 0 aliphatic carbocycles. The Morgan fingerprint density at radius 1 is 1.26 bits per heavy atom. The van der Waals surface area contributed by atoms with Crippen LogP contribution in [-0.2, 0) is 27.4 Å². The van der Waals surface area contributed by atoms with E-state index in [1.807, 2.05) is 30.3 Å². The molecule has 10 nitrogen and oxygen atoms in total. The lowest BCUT2D eigenvalue weighted by Gasteiger charge is -2.11. The second-order valence-electron chi connectivity index (χ2n) is 5.74. The summed E-state index contributed by atoms with van der Waals surface area (Å²) < 4.78 is 6.25. The first kappa shape index (κ1) is 18.2. The van der Waals surface area contributed by atoms with Crippen molar-refractivity contribution in [3.05, 3.63) is 48.5 Å².